The number of Topliss-reactive ketones (excluding diaryl/α,β-unsaturated/α-hetero) is 2. The van der Waals surface area contributed by atoms with Gasteiger partial charge in [-0.25, -0.2) is 0 Å². The van der Waals surface area contributed by atoms with Gasteiger partial charge >= 0.3 is 0 Å². The van der Waals surface area contributed by atoms with Gasteiger partial charge in [0.1, 0.15) is 138 Å². The molecule has 0 spiro atoms. The van der Waals surface area contributed by atoms with E-state index in [9.17, 15) is 75.3 Å². The van der Waals surface area contributed by atoms with Crippen molar-refractivity contribution in [2.45, 2.75) is 131 Å². The van der Waals surface area contributed by atoms with Gasteiger partial charge in [-0.15, -0.1) is 0 Å². The lowest BCUT2D eigenvalue weighted by molar-refractivity contribution is 0.0832. The lowest BCUT2D eigenvalue weighted by Gasteiger charge is -2.29. The second-order valence-electron chi connectivity index (χ2n) is 33.1. The molecule has 20 rings (SSSR count). The first-order valence-electron chi connectivity index (χ1n) is 42.1. The number of benzene rings is 12. The van der Waals surface area contributed by atoms with Crippen molar-refractivity contribution in [3.63, 3.8) is 0 Å². The molecule has 13 aromatic rings. The molecular formula is C107H100O23. The van der Waals surface area contributed by atoms with E-state index in [1.807, 2.05) is 146 Å². The van der Waals surface area contributed by atoms with E-state index >= 15 is 0 Å². The predicted octanol–water partition coefficient (Wildman–Crippen LogP) is 22.2. The number of rotatable bonds is 12. The van der Waals surface area contributed by atoms with E-state index in [0.717, 1.165) is 92.1 Å². The molecular weight excluding hydrogens is 1650 g/mol. The molecule has 666 valence electrons. The maximum Gasteiger partial charge on any atom is 0.204 e. The molecule has 0 radical (unpaired) electrons. The Morgan fingerprint density at radius 1 is 0.462 bits per heavy atom. The van der Waals surface area contributed by atoms with Crippen LogP contribution in [0.15, 0.2) is 257 Å². The Hall–Kier alpha value is -15.8. The number of methoxy groups -OCH3 is 1. The number of carbonyl (C=O) groups is 3. The molecule has 130 heavy (non-hydrogen) atoms. The van der Waals surface area contributed by atoms with E-state index in [2.05, 4.69) is 0 Å². The Balaban J connectivity index is 0.000000140. The zero-order chi connectivity index (χ0) is 93.1. The van der Waals surface area contributed by atoms with Crippen molar-refractivity contribution in [1.29, 1.82) is 0 Å². The molecule has 23 nitrogen and oxygen atoms in total. The highest BCUT2D eigenvalue weighted by atomic mass is 16.5. The Labute approximate surface area is 750 Å². The molecule has 12 aromatic carbocycles. The third-order valence-electron chi connectivity index (χ3n) is 22.1. The maximum absolute atomic E-state index is 13.0. The van der Waals surface area contributed by atoms with Crippen LogP contribution in [-0.4, -0.2) is 96.4 Å². The summed E-state index contributed by atoms with van der Waals surface area (Å²) < 4.78 is 35.2. The number of ketones is 3. The van der Waals surface area contributed by atoms with Crippen LogP contribution in [-0.2, 0) is 44.9 Å². The smallest absolute Gasteiger partial charge is 0.204 e. The van der Waals surface area contributed by atoms with Crippen molar-refractivity contribution < 1.29 is 109 Å². The molecule has 2 atom stereocenters. The summed E-state index contributed by atoms with van der Waals surface area (Å²) in [5.74, 6) is 1.94. The lowest BCUT2D eigenvalue weighted by Crippen LogP contribution is -2.27. The quantitative estimate of drug-likeness (QED) is 0.0234. The minimum absolute atomic E-state index is 0.0356. The molecule has 6 bridgehead atoms. The minimum Gasteiger partial charge on any atom is -0.508 e. The van der Waals surface area contributed by atoms with Crippen LogP contribution in [0.4, 0.5) is 0 Å². The fourth-order valence-corrected chi connectivity index (χ4v) is 15.2. The average Bonchev–Trinajstić information content (AvgIpc) is 0.753. The molecule has 2 unspecified atom stereocenters. The van der Waals surface area contributed by atoms with Crippen molar-refractivity contribution in [2.75, 3.05) is 7.11 Å². The van der Waals surface area contributed by atoms with Gasteiger partial charge in [-0.3, -0.25) is 19.2 Å². The number of fused-ring (bicyclic) bond motifs is 6. The molecule has 1 aromatic heterocycles. The van der Waals surface area contributed by atoms with E-state index in [0.29, 0.717) is 87.8 Å². The Morgan fingerprint density at radius 2 is 0.985 bits per heavy atom. The minimum atomic E-state index is -0.557. The van der Waals surface area contributed by atoms with Gasteiger partial charge < -0.3 is 94.5 Å². The number of carbonyl (C=O) groups excluding carboxylic acids is 3. The number of phenolic OH excluding ortho intramolecular Hbond substituents is 13. The average molecular weight is 1750 g/mol. The van der Waals surface area contributed by atoms with Crippen LogP contribution in [0, 0.1) is 0 Å². The van der Waals surface area contributed by atoms with Crippen LogP contribution in [0.3, 0.4) is 0 Å². The monoisotopic (exact) mass is 1750 g/mol. The van der Waals surface area contributed by atoms with Crippen LogP contribution in [0.1, 0.15) is 173 Å². The molecule has 0 aliphatic carbocycles. The molecule has 0 amide bonds. The Kier molecular flexibility index (Phi) is 28.2. The number of ether oxygens (including phenoxy) is 5. The number of aromatic hydroxyl groups is 13. The van der Waals surface area contributed by atoms with Crippen LogP contribution in [0.25, 0.3) is 45.2 Å². The van der Waals surface area contributed by atoms with Crippen LogP contribution >= 0.6 is 0 Å². The highest BCUT2D eigenvalue weighted by Crippen LogP contribution is 2.51. The number of aryl methyl sites for hydroxylation is 4. The van der Waals surface area contributed by atoms with Gasteiger partial charge in [0.25, 0.3) is 0 Å². The third-order valence-corrected chi connectivity index (χ3v) is 22.1. The van der Waals surface area contributed by atoms with E-state index < -0.39 is 23.2 Å². The van der Waals surface area contributed by atoms with E-state index in [1.165, 1.54) is 67.8 Å². The summed E-state index contributed by atoms with van der Waals surface area (Å²) in [6.45, 7) is 15.5. The van der Waals surface area contributed by atoms with Crippen LogP contribution < -0.4 is 29.1 Å². The molecule has 0 fully saturated rings. The standard InChI is InChI=1S/C28H24O4.C25H28O5.C21H22O5.C18H14O5.C15H12O4/c29-22-9-13-24-21(17-22)8-3-18-4-10-23(11-5-18)32-28-16-20(7-14-26(28)30)2-1-19-6-12-25(24)27(31)15-19;1-14(2)5-11-18-23(28)19(12-6-15(3)4)25-22(24(18)29)20(27)13-21(30-25)16-7-9-17(26)10-8-16;1-12(2)4-9-15-16(23)10-19(25-3)20-17(24)11-18(26-21(15)20)13-5-7-14(22)8-6-13;1-18(2)6-5-10-14(23-18)8-12(20)15-16(21)11-7-9(19)3-4-13(11)22-17(10)15;16-11-4-1-10(2-5-11)3-8-14(18)13-7-6-12(17)9-15(13)19/h4-7,9-17,29-31H,1-3,8H2;5-10,21,26,28-29H,11-13H2,1-4H3;4-8,10,18,22-23H,9,11H2,1-3H3;3-8,19-20H,1-2H3;1-9,16-17,19H/b;;;;8-3+. The second-order valence-corrected chi connectivity index (χ2v) is 33.1. The highest BCUT2D eigenvalue weighted by Gasteiger charge is 2.37. The first kappa shape index (κ1) is 91.9. The number of phenols is 13. The lowest BCUT2D eigenvalue weighted by atomic mass is 9.89. The van der Waals surface area contributed by atoms with Crippen LogP contribution in [0.2, 0.25) is 0 Å². The van der Waals surface area contributed by atoms with E-state index in [-0.39, 0.29) is 138 Å². The SMILES string of the molecule is CC(C)=CCc1c(O)c(CC=C(C)C)c2c(c1O)C(=O)CC(c1ccc(O)cc1)O2.CC1(C)C=Cc2c(cc(O)c3c(=O)c4cc(O)ccc4oc23)O1.COc1cc(O)c(CC=C(C)C)c2c1C(=O)CC(c1ccc(O)cc1)O2.O=C(/C=C/c1ccc(O)cc1)c1ccc(O)cc1O.Oc1ccc2c(c1)CCc1ccc(cc1)Oc1cc(ccc1O)CCc1ccc-2c(O)c1. The van der Waals surface area contributed by atoms with Crippen molar-refractivity contribution in [1.82, 2.24) is 0 Å². The largest absolute Gasteiger partial charge is 0.508 e. The fraction of sp³-hybridized carbons (Fsp3) is 0.196. The van der Waals surface area contributed by atoms with Gasteiger partial charge in [0, 0.05) is 40.5 Å². The van der Waals surface area contributed by atoms with Gasteiger partial charge in [-0.1, -0.05) is 114 Å². The van der Waals surface area contributed by atoms with Gasteiger partial charge in [0.15, 0.2) is 34.4 Å². The summed E-state index contributed by atoms with van der Waals surface area (Å²) in [4.78, 5) is 50.4. The van der Waals surface area contributed by atoms with Gasteiger partial charge in [0.2, 0.25) is 5.43 Å². The second kappa shape index (κ2) is 39.8. The third kappa shape index (κ3) is 21.8. The summed E-state index contributed by atoms with van der Waals surface area (Å²) in [6, 6.07) is 54.7. The van der Waals surface area contributed by atoms with Crippen molar-refractivity contribution in [3.05, 3.63) is 335 Å². The van der Waals surface area contributed by atoms with Crippen molar-refractivity contribution in [3.8, 4) is 120 Å². The summed E-state index contributed by atoms with van der Waals surface area (Å²) in [5.41, 5.74) is 13.7. The first-order valence-corrected chi connectivity index (χ1v) is 42.1. The predicted molar refractivity (Wildman–Crippen MR) is 498 cm³/mol. The number of allylic oxidation sites excluding steroid dienone is 7. The first-order chi connectivity index (χ1) is 62.0. The highest BCUT2D eigenvalue weighted by molar-refractivity contribution is 6.09. The summed E-state index contributed by atoms with van der Waals surface area (Å²) in [7, 11) is 1.46. The molecule has 0 saturated carbocycles. The zero-order valence-electron chi connectivity index (χ0n) is 73.0. The molecule has 7 aliphatic rings. The summed E-state index contributed by atoms with van der Waals surface area (Å²) >= 11 is 0. The molecule has 7 aliphatic heterocycles. The Morgan fingerprint density at radius 3 is 1.59 bits per heavy atom. The number of hydrogen-bond donors (Lipinski definition) is 13. The van der Waals surface area contributed by atoms with Crippen molar-refractivity contribution in [2.24, 2.45) is 0 Å². The molecule has 8 heterocycles. The van der Waals surface area contributed by atoms with Gasteiger partial charge in [-0.2, -0.15) is 0 Å². The maximum atomic E-state index is 13.0. The zero-order valence-corrected chi connectivity index (χ0v) is 73.0. The summed E-state index contributed by atoms with van der Waals surface area (Å²) in [5, 5.41) is 130. The number of hydrogen-bond acceptors (Lipinski definition) is 23. The normalized spacial score (nSPS) is 14.2. The van der Waals surface area contributed by atoms with Crippen LogP contribution in [0.5, 0.6) is 109 Å². The van der Waals surface area contributed by atoms with Crippen molar-refractivity contribution >= 4 is 51.4 Å². The Bertz CT molecular complexity index is 6690. The topological polar surface area (TPSA) is 391 Å². The molecule has 0 saturated heterocycles. The molecule has 13 N–H and O–H groups in total. The van der Waals surface area contributed by atoms with Gasteiger partial charge in [0.05, 0.1) is 36.5 Å². The van der Waals surface area contributed by atoms with Gasteiger partial charge in [-0.05, 0) is 272 Å². The van der Waals surface area contributed by atoms with E-state index in [1.54, 1.807) is 84.9 Å². The summed E-state index contributed by atoms with van der Waals surface area (Å²) in [6.07, 6.45) is 15.8. The van der Waals surface area contributed by atoms with E-state index in [4.69, 9.17) is 38.3 Å². The fourth-order valence-electron chi connectivity index (χ4n) is 15.2. The molecule has 23 heteroatoms.